The van der Waals surface area contributed by atoms with Crippen molar-refractivity contribution in [2.45, 2.75) is 38.8 Å². The lowest BCUT2D eigenvalue weighted by Gasteiger charge is -2.21. The first-order valence-corrected chi connectivity index (χ1v) is 6.23. The van der Waals surface area contributed by atoms with Crippen LogP contribution in [0.1, 0.15) is 37.2 Å². The van der Waals surface area contributed by atoms with Gasteiger partial charge in [0.2, 0.25) is 0 Å². The summed E-state index contributed by atoms with van der Waals surface area (Å²) in [6.45, 7) is 4.03. The number of aromatic nitrogens is 1. The lowest BCUT2D eigenvalue weighted by atomic mass is 10.0. The summed E-state index contributed by atoms with van der Waals surface area (Å²) in [4.78, 5) is 22.5. The maximum Gasteiger partial charge on any atom is 0.306 e. The van der Waals surface area contributed by atoms with Crippen LogP contribution in [0.2, 0.25) is 0 Å². The van der Waals surface area contributed by atoms with Crippen LogP contribution < -0.4 is 5.32 Å². The normalized spacial score (nSPS) is 13.8. The van der Waals surface area contributed by atoms with E-state index in [1.807, 2.05) is 17.7 Å². The molecular formula is C13H20N2O4. The van der Waals surface area contributed by atoms with Gasteiger partial charge in [0.15, 0.2) is 0 Å². The van der Waals surface area contributed by atoms with E-state index in [0.717, 1.165) is 13.0 Å². The summed E-state index contributed by atoms with van der Waals surface area (Å²) in [6, 6.07) is 3.47. The summed E-state index contributed by atoms with van der Waals surface area (Å²) in [5.74, 6) is -1.42. The van der Waals surface area contributed by atoms with Gasteiger partial charge in [-0.2, -0.15) is 0 Å². The molecule has 1 rings (SSSR count). The molecule has 1 aromatic rings. The maximum atomic E-state index is 11.9. The monoisotopic (exact) mass is 268 g/mol. The third-order valence-corrected chi connectivity index (χ3v) is 2.69. The fraction of sp³-hybridized carbons (Fsp3) is 0.538. The van der Waals surface area contributed by atoms with Gasteiger partial charge in [-0.05, 0) is 25.5 Å². The van der Waals surface area contributed by atoms with Gasteiger partial charge in [0.1, 0.15) is 5.69 Å². The Balaban J connectivity index is 2.60. The zero-order valence-electron chi connectivity index (χ0n) is 11.2. The summed E-state index contributed by atoms with van der Waals surface area (Å²) in [5, 5.41) is 21.0. The zero-order valence-corrected chi connectivity index (χ0v) is 11.2. The van der Waals surface area contributed by atoms with Crippen molar-refractivity contribution in [2.75, 3.05) is 6.54 Å². The summed E-state index contributed by atoms with van der Waals surface area (Å²) in [7, 11) is 0. The van der Waals surface area contributed by atoms with E-state index in [9.17, 15) is 14.7 Å². The van der Waals surface area contributed by atoms with E-state index in [0.29, 0.717) is 5.69 Å². The lowest BCUT2D eigenvalue weighted by Crippen LogP contribution is -2.42. The number of aryl methyl sites for hydroxylation is 1. The van der Waals surface area contributed by atoms with Gasteiger partial charge in [0, 0.05) is 19.3 Å². The summed E-state index contributed by atoms with van der Waals surface area (Å²) in [6.07, 6.45) is 2.31. The van der Waals surface area contributed by atoms with Gasteiger partial charge in [-0.25, -0.2) is 0 Å². The molecular weight excluding hydrogens is 248 g/mol. The Morgan fingerprint density at radius 1 is 1.47 bits per heavy atom. The van der Waals surface area contributed by atoms with Crippen LogP contribution in [0.3, 0.4) is 0 Å². The minimum absolute atomic E-state index is 0.102. The highest BCUT2D eigenvalue weighted by Crippen LogP contribution is 2.09. The van der Waals surface area contributed by atoms with Crippen molar-refractivity contribution in [3.63, 3.8) is 0 Å². The summed E-state index contributed by atoms with van der Waals surface area (Å²) >= 11 is 0. The van der Waals surface area contributed by atoms with E-state index in [4.69, 9.17) is 5.11 Å². The number of carboxylic acid groups (broad SMARTS) is 1. The number of hydrogen-bond acceptors (Lipinski definition) is 3. The van der Waals surface area contributed by atoms with Gasteiger partial charge in [-0.3, -0.25) is 9.59 Å². The Morgan fingerprint density at radius 2 is 2.16 bits per heavy atom. The Labute approximate surface area is 112 Å². The molecule has 0 saturated heterocycles. The van der Waals surface area contributed by atoms with E-state index < -0.39 is 18.0 Å². The van der Waals surface area contributed by atoms with E-state index >= 15 is 0 Å². The van der Waals surface area contributed by atoms with Crippen LogP contribution in [-0.2, 0) is 11.3 Å². The molecule has 1 heterocycles. The molecule has 3 N–H and O–H groups in total. The molecule has 6 nitrogen and oxygen atoms in total. The van der Waals surface area contributed by atoms with Crippen LogP contribution in [-0.4, -0.2) is 38.8 Å². The molecule has 6 heteroatoms. The average Bonchev–Trinajstić information content (AvgIpc) is 2.73. The number of amides is 1. The highest BCUT2D eigenvalue weighted by molar-refractivity contribution is 5.92. The quantitative estimate of drug-likeness (QED) is 0.683. The molecule has 1 atom stereocenters. The van der Waals surface area contributed by atoms with Gasteiger partial charge in [0.25, 0.3) is 5.91 Å². The van der Waals surface area contributed by atoms with Crippen molar-refractivity contribution >= 4 is 11.9 Å². The number of rotatable bonds is 7. The molecule has 0 radical (unpaired) electrons. The molecule has 19 heavy (non-hydrogen) atoms. The number of aliphatic hydroxyl groups is 1. The van der Waals surface area contributed by atoms with Crippen molar-refractivity contribution in [1.82, 2.24) is 9.88 Å². The Morgan fingerprint density at radius 3 is 2.74 bits per heavy atom. The Kier molecular flexibility index (Phi) is 5.11. The van der Waals surface area contributed by atoms with E-state index in [1.165, 1.54) is 6.92 Å². The largest absolute Gasteiger partial charge is 0.481 e. The molecule has 106 valence electrons. The number of nitrogens with zero attached hydrogens (tertiary/aromatic N) is 1. The van der Waals surface area contributed by atoms with Crippen LogP contribution in [0.15, 0.2) is 18.3 Å². The third kappa shape index (κ3) is 4.75. The van der Waals surface area contributed by atoms with Crippen molar-refractivity contribution in [1.29, 1.82) is 0 Å². The molecule has 1 amide bonds. The number of nitrogens with one attached hydrogen (secondary N) is 1. The first kappa shape index (κ1) is 15.2. The standard InChI is InChI=1S/C13H20N2O4/c1-3-6-15-7-4-5-10(15)12(18)14-9-13(2,19)8-11(16)17/h4-5,7,19H,3,6,8-9H2,1-2H3,(H,14,18)(H,16,17). The molecule has 0 aliphatic heterocycles. The molecule has 1 aromatic heterocycles. The van der Waals surface area contributed by atoms with Crippen molar-refractivity contribution in [3.05, 3.63) is 24.0 Å². The van der Waals surface area contributed by atoms with Crippen molar-refractivity contribution in [2.24, 2.45) is 0 Å². The van der Waals surface area contributed by atoms with Crippen molar-refractivity contribution < 1.29 is 19.8 Å². The lowest BCUT2D eigenvalue weighted by molar-refractivity contribution is -0.141. The van der Waals surface area contributed by atoms with Gasteiger partial charge in [-0.1, -0.05) is 6.92 Å². The van der Waals surface area contributed by atoms with Crippen LogP contribution in [0.5, 0.6) is 0 Å². The first-order chi connectivity index (χ1) is 8.85. The minimum Gasteiger partial charge on any atom is -0.481 e. The second-order valence-corrected chi connectivity index (χ2v) is 4.84. The molecule has 0 aliphatic rings. The Bertz CT molecular complexity index is 451. The number of carboxylic acids is 1. The fourth-order valence-electron chi connectivity index (χ4n) is 1.81. The first-order valence-electron chi connectivity index (χ1n) is 6.23. The molecule has 0 saturated carbocycles. The van der Waals surface area contributed by atoms with Crippen LogP contribution in [0, 0.1) is 0 Å². The summed E-state index contributed by atoms with van der Waals surface area (Å²) in [5.41, 5.74) is -0.947. The fourth-order valence-corrected chi connectivity index (χ4v) is 1.81. The minimum atomic E-state index is -1.45. The molecule has 0 fully saturated rings. The van der Waals surface area contributed by atoms with E-state index in [-0.39, 0.29) is 12.5 Å². The second-order valence-electron chi connectivity index (χ2n) is 4.84. The van der Waals surface area contributed by atoms with Gasteiger partial charge in [0.05, 0.1) is 12.0 Å². The van der Waals surface area contributed by atoms with Gasteiger partial charge in [-0.15, -0.1) is 0 Å². The molecule has 0 aromatic carbocycles. The maximum absolute atomic E-state index is 11.9. The van der Waals surface area contributed by atoms with E-state index in [1.54, 1.807) is 12.1 Å². The summed E-state index contributed by atoms with van der Waals surface area (Å²) < 4.78 is 1.82. The average molecular weight is 268 g/mol. The molecule has 1 unspecified atom stereocenters. The predicted octanol–water partition coefficient (Wildman–Crippen LogP) is 0.854. The highest BCUT2D eigenvalue weighted by Gasteiger charge is 2.25. The smallest absolute Gasteiger partial charge is 0.306 e. The van der Waals surface area contributed by atoms with Crippen LogP contribution in [0.4, 0.5) is 0 Å². The van der Waals surface area contributed by atoms with Crippen LogP contribution >= 0.6 is 0 Å². The van der Waals surface area contributed by atoms with Crippen LogP contribution in [0.25, 0.3) is 0 Å². The Hall–Kier alpha value is -1.82. The highest BCUT2D eigenvalue weighted by atomic mass is 16.4. The second kappa shape index (κ2) is 6.38. The van der Waals surface area contributed by atoms with E-state index in [2.05, 4.69) is 5.32 Å². The van der Waals surface area contributed by atoms with Gasteiger partial charge >= 0.3 is 5.97 Å². The van der Waals surface area contributed by atoms with Gasteiger partial charge < -0.3 is 20.1 Å². The number of carbonyl (C=O) groups is 2. The number of hydrogen-bond donors (Lipinski definition) is 3. The number of aliphatic carboxylic acids is 1. The topological polar surface area (TPSA) is 91.6 Å². The molecule has 0 bridgehead atoms. The van der Waals surface area contributed by atoms with Crippen molar-refractivity contribution in [3.8, 4) is 0 Å². The molecule has 0 aliphatic carbocycles. The number of carbonyl (C=O) groups excluding carboxylic acids is 1. The third-order valence-electron chi connectivity index (χ3n) is 2.69. The SMILES string of the molecule is CCCn1cccc1C(=O)NCC(C)(O)CC(=O)O. The zero-order chi connectivity index (χ0) is 14.5. The molecule has 0 spiro atoms. The predicted molar refractivity (Wildman–Crippen MR) is 69.9 cm³/mol.